The Morgan fingerprint density at radius 2 is 1.94 bits per heavy atom. The zero-order valence-corrected chi connectivity index (χ0v) is 22.1. The Balaban J connectivity index is 1.61. The molecule has 1 amide bonds. The molecule has 0 bridgehead atoms. The second kappa shape index (κ2) is 10.7. The number of aromatic nitrogens is 1. The van der Waals surface area contributed by atoms with E-state index in [2.05, 4.69) is 31.0 Å². The maximum Gasteiger partial charge on any atom is 0.279 e. The minimum absolute atomic E-state index is 0.0758. The molecule has 3 aromatic rings. The fourth-order valence-corrected chi connectivity index (χ4v) is 6.42. The average molecular weight is 518 g/mol. The second-order valence-electron chi connectivity index (χ2n) is 8.80. The summed E-state index contributed by atoms with van der Waals surface area (Å²) in [5.41, 5.74) is 3.68. The summed E-state index contributed by atoms with van der Waals surface area (Å²) < 4.78 is 41.0. The molecule has 1 atom stereocenters. The number of thiazole rings is 1. The van der Waals surface area contributed by atoms with Gasteiger partial charge in [-0.25, -0.2) is 8.42 Å². The molecule has 0 saturated carbocycles. The molecule has 8 nitrogen and oxygen atoms in total. The zero-order valence-electron chi connectivity index (χ0n) is 20.5. The van der Waals surface area contributed by atoms with Crippen LogP contribution in [0, 0.1) is 13.8 Å². The van der Waals surface area contributed by atoms with Gasteiger partial charge in [-0.05, 0) is 74.2 Å². The number of fused-ring (bicyclic) bond motifs is 1. The number of rotatable bonds is 8. The lowest BCUT2D eigenvalue weighted by atomic mass is 10.1. The lowest BCUT2D eigenvalue weighted by Gasteiger charge is -2.20. The van der Waals surface area contributed by atoms with Gasteiger partial charge in [0.05, 0.1) is 27.8 Å². The first-order valence-corrected chi connectivity index (χ1v) is 13.8. The van der Waals surface area contributed by atoms with E-state index in [-0.39, 0.29) is 11.0 Å². The normalized spacial score (nSPS) is 17.1. The quantitative estimate of drug-likeness (QED) is 0.456. The van der Waals surface area contributed by atoms with Crippen molar-refractivity contribution >= 4 is 37.5 Å². The van der Waals surface area contributed by atoms with Crippen molar-refractivity contribution in [2.24, 2.45) is 4.99 Å². The minimum atomic E-state index is -3.67. The summed E-state index contributed by atoms with van der Waals surface area (Å²) in [6.07, 6.45) is 1.73. The van der Waals surface area contributed by atoms with E-state index in [1.54, 1.807) is 14.2 Å². The van der Waals surface area contributed by atoms with Crippen LogP contribution in [0.15, 0.2) is 46.3 Å². The van der Waals surface area contributed by atoms with Gasteiger partial charge in [-0.15, -0.1) is 0 Å². The summed E-state index contributed by atoms with van der Waals surface area (Å²) in [6.45, 7) is 6.16. The Morgan fingerprint density at radius 3 is 2.60 bits per heavy atom. The Kier molecular flexibility index (Phi) is 7.87. The number of carbonyl (C=O) groups is 1. The number of aryl methyl sites for hydroxylation is 2. The topological polar surface area (TPSA) is 90.2 Å². The molecule has 2 heterocycles. The average Bonchev–Trinajstić information content (AvgIpc) is 3.45. The molecule has 1 fully saturated rings. The summed E-state index contributed by atoms with van der Waals surface area (Å²) in [4.78, 5) is 18.1. The highest BCUT2D eigenvalue weighted by Gasteiger charge is 2.26. The van der Waals surface area contributed by atoms with Gasteiger partial charge in [-0.3, -0.25) is 4.79 Å². The van der Waals surface area contributed by atoms with Gasteiger partial charge in [-0.2, -0.15) is 9.30 Å². The molecule has 35 heavy (non-hydrogen) atoms. The van der Waals surface area contributed by atoms with Crippen LogP contribution in [0.4, 0.5) is 0 Å². The molecular formula is C25H31N3O5S2. The number of likely N-dealkylation sites (N-methyl/N-ethyl adjacent to an activating group) is 1. The van der Waals surface area contributed by atoms with Crippen LogP contribution in [-0.2, 0) is 26.0 Å². The first-order valence-electron chi connectivity index (χ1n) is 11.6. The van der Waals surface area contributed by atoms with Crippen LogP contribution in [-0.4, -0.2) is 63.2 Å². The predicted octanol–water partition coefficient (Wildman–Crippen LogP) is 3.51. The summed E-state index contributed by atoms with van der Waals surface area (Å²) in [6, 6.07) is 10.2. The summed E-state index contributed by atoms with van der Waals surface area (Å²) in [5, 5.41) is 0. The molecule has 1 unspecified atom stereocenters. The Hall–Kier alpha value is -2.37. The van der Waals surface area contributed by atoms with Crippen molar-refractivity contribution < 1.29 is 22.7 Å². The van der Waals surface area contributed by atoms with Crippen LogP contribution < -0.4 is 4.80 Å². The van der Waals surface area contributed by atoms with E-state index in [4.69, 9.17) is 9.47 Å². The van der Waals surface area contributed by atoms with Crippen LogP contribution in [0.5, 0.6) is 0 Å². The monoisotopic (exact) mass is 517 g/mol. The Morgan fingerprint density at radius 1 is 1.23 bits per heavy atom. The Bertz CT molecular complexity index is 1380. The third kappa shape index (κ3) is 5.57. The number of amides is 1. The molecule has 1 saturated heterocycles. The van der Waals surface area contributed by atoms with Gasteiger partial charge >= 0.3 is 0 Å². The van der Waals surface area contributed by atoms with E-state index in [0.29, 0.717) is 36.7 Å². The van der Waals surface area contributed by atoms with Crippen molar-refractivity contribution in [2.75, 3.05) is 33.9 Å². The van der Waals surface area contributed by atoms with Crippen molar-refractivity contribution in [3.63, 3.8) is 0 Å². The van der Waals surface area contributed by atoms with Crippen molar-refractivity contribution in [1.82, 2.24) is 8.87 Å². The lowest BCUT2D eigenvalue weighted by molar-refractivity contribution is 0.0979. The standard InChI is InChI=1S/C25H31N3O5S2/c1-17-14-22-23(15-18(17)2)34-25(28(22)11-13-32-4)26-24(29)19-7-9-21(10-8-19)35(30,31)27(3)16-20-6-5-12-33-20/h7-10,14-15,20H,5-6,11-13,16H2,1-4H3. The third-order valence-electron chi connectivity index (χ3n) is 6.31. The van der Waals surface area contributed by atoms with E-state index in [9.17, 15) is 13.2 Å². The van der Waals surface area contributed by atoms with Gasteiger partial charge in [0.15, 0.2) is 4.80 Å². The molecular weight excluding hydrogens is 486 g/mol. The molecule has 0 aliphatic carbocycles. The molecule has 1 aliphatic heterocycles. The highest BCUT2D eigenvalue weighted by atomic mass is 32.2. The van der Waals surface area contributed by atoms with Crippen molar-refractivity contribution in [3.8, 4) is 0 Å². The Labute approximate surface area is 209 Å². The van der Waals surface area contributed by atoms with Gasteiger partial charge in [0.25, 0.3) is 5.91 Å². The van der Waals surface area contributed by atoms with E-state index in [0.717, 1.165) is 23.1 Å². The summed E-state index contributed by atoms with van der Waals surface area (Å²) >= 11 is 1.45. The van der Waals surface area contributed by atoms with Gasteiger partial charge in [0.1, 0.15) is 0 Å². The molecule has 10 heteroatoms. The maximum absolute atomic E-state index is 13.0. The van der Waals surface area contributed by atoms with E-state index in [1.807, 2.05) is 4.57 Å². The molecule has 4 rings (SSSR count). The molecule has 2 aromatic carbocycles. The van der Waals surface area contributed by atoms with Crippen molar-refractivity contribution in [2.45, 2.75) is 44.2 Å². The molecule has 0 spiro atoms. The number of carbonyl (C=O) groups excluding carboxylic acids is 1. The number of hydrogen-bond acceptors (Lipinski definition) is 6. The molecule has 0 radical (unpaired) electrons. The summed E-state index contributed by atoms with van der Waals surface area (Å²) in [7, 11) is -0.485. The highest BCUT2D eigenvalue weighted by molar-refractivity contribution is 7.89. The molecule has 1 aliphatic rings. The number of hydrogen-bond donors (Lipinski definition) is 0. The highest BCUT2D eigenvalue weighted by Crippen LogP contribution is 2.23. The number of sulfonamides is 1. The van der Waals surface area contributed by atoms with E-state index >= 15 is 0 Å². The van der Waals surface area contributed by atoms with E-state index in [1.165, 1.54) is 51.0 Å². The van der Waals surface area contributed by atoms with Gasteiger partial charge in [0.2, 0.25) is 10.0 Å². The van der Waals surface area contributed by atoms with Gasteiger partial charge < -0.3 is 14.0 Å². The largest absolute Gasteiger partial charge is 0.383 e. The number of benzene rings is 2. The maximum atomic E-state index is 13.0. The first kappa shape index (κ1) is 25.7. The zero-order chi connectivity index (χ0) is 25.2. The van der Waals surface area contributed by atoms with Gasteiger partial charge in [0, 0.05) is 39.4 Å². The smallest absolute Gasteiger partial charge is 0.279 e. The SMILES string of the molecule is COCCn1c(=NC(=O)c2ccc(S(=O)(=O)N(C)CC3CCCO3)cc2)sc2cc(C)c(C)cc21. The second-order valence-corrected chi connectivity index (χ2v) is 11.8. The molecule has 1 aromatic heterocycles. The molecule has 0 N–H and O–H groups in total. The molecule has 188 valence electrons. The van der Waals surface area contributed by atoms with Crippen LogP contribution >= 0.6 is 11.3 Å². The summed E-state index contributed by atoms with van der Waals surface area (Å²) in [5.74, 6) is -0.423. The fourth-order valence-electron chi connectivity index (χ4n) is 4.08. The lowest BCUT2D eigenvalue weighted by Crippen LogP contribution is -2.34. The third-order valence-corrected chi connectivity index (χ3v) is 9.19. The van der Waals surface area contributed by atoms with Crippen LogP contribution in [0.1, 0.15) is 34.3 Å². The van der Waals surface area contributed by atoms with Gasteiger partial charge in [-0.1, -0.05) is 11.3 Å². The van der Waals surface area contributed by atoms with Crippen molar-refractivity contribution in [1.29, 1.82) is 0 Å². The van der Waals surface area contributed by atoms with E-state index < -0.39 is 15.9 Å². The first-order chi connectivity index (χ1) is 16.7. The number of nitrogens with zero attached hydrogens (tertiary/aromatic N) is 3. The van der Waals surface area contributed by atoms with Crippen LogP contribution in [0.3, 0.4) is 0 Å². The predicted molar refractivity (Wildman–Crippen MR) is 136 cm³/mol. The van der Waals surface area contributed by atoms with Crippen molar-refractivity contribution in [3.05, 3.63) is 57.9 Å². The van der Waals surface area contributed by atoms with Crippen LogP contribution in [0.25, 0.3) is 10.2 Å². The number of methoxy groups -OCH3 is 1. The minimum Gasteiger partial charge on any atom is -0.383 e. The fraction of sp³-hybridized carbons (Fsp3) is 0.440. The number of ether oxygens (including phenoxy) is 2. The van der Waals surface area contributed by atoms with Crippen LogP contribution in [0.2, 0.25) is 0 Å².